The molecule has 7 nitrogen and oxygen atoms in total. The van der Waals surface area contributed by atoms with Crippen molar-refractivity contribution in [3.05, 3.63) is 57.0 Å². The molecule has 4 rings (SSSR count). The number of carbonyl (C=O) groups is 1. The summed E-state index contributed by atoms with van der Waals surface area (Å²) in [5, 5.41) is 4.68. The van der Waals surface area contributed by atoms with Gasteiger partial charge in [-0.2, -0.15) is 5.10 Å². The van der Waals surface area contributed by atoms with Gasteiger partial charge in [-0.1, -0.05) is 19.1 Å². The number of benzene rings is 1. The molecule has 0 fully saturated rings. The summed E-state index contributed by atoms with van der Waals surface area (Å²) in [6, 6.07) is 6.60. The molecular formula is C22H24N4O3S. The molecule has 3 aromatic rings. The maximum Gasteiger partial charge on any atom is 0.263 e. The van der Waals surface area contributed by atoms with Gasteiger partial charge in [0.2, 0.25) is 0 Å². The molecule has 1 aromatic carbocycles. The van der Waals surface area contributed by atoms with Crippen LogP contribution in [0.4, 0.5) is 0 Å². The second kappa shape index (κ2) is 8.39. The number of hydrogen-bond donors (Lipinski definition) is 1. The van der Waals surface area contributed by atoms with Crippen molar-refractivity contribution in [2.24, 2.45) is 11.0 Å². The van der Waals surface area contributed by atoms with Crippen LogP contribution in [-0.4, -0.2) is 28.8 Å². The van der Waals surface area contributed by atoms with Crippen LogP contribution in [0.25, 0.3) is 10.2 Å². The van der Waals surface area contributed by atoms with Crippen molar-refractivity contribution >= 4 is 33.7 Å². The molecule has 8 heteroatoms. The number of hydrazone groups is 1. The van der Waals surface area contributed by atoms with Crippen LogP contribution in [0.1, 0.15) is 42.3 Å². The third-order valence-corrected chi connectivity index (χ3v) is 6.68. The van der Waals surface area contributed by atoms with Gasteiger partial charge >= 0.3 is 0 Å². The van der Waals surface area contributed by atoms with Crippen molar-refractivity contribution in [3.63, 3.8) is 0 Å². The Bertz CT molecular complexity index is 1180. The summed E-state index contributed by atoms with van der Waals surface area (Å²) in [6.45, 7) is 3.91. The molecule has 30 heavy (non-hydrogen) atoms. The number of methoxy groups -OCH3 is 1. The van der Waals surface area contributed by atoms with Crippen LogP contribution in [0, 0.1) is 5.92 Å². The van der Waals surface area contributed by atoms with Gasteiger partial charge in [-0.25, -0.2) is 10.4 Å². The summed E-state index contributed by atoms with van der Waals surface area (Å²) in [4.78, 5) is 32.2. The highest BCUT2D eigenvalue weighted by Crippen LogP contribution is 2.35. The number of nitrogens with one attached hydrogen (secondary N) is 1. The van der Waals surface area contributed by atoms with E-state index >= 15 is 0 Å². The Hall–Kier alpha value is -3.00. The van der Waals surface area contributed by atoms with Crippen molar-refractivity contribution in [1.82, 2.24) is 15.0 Å². The van der Waals surface area contributed by atoms with E-state index in [2.05, 4.69) is 22.4 Å². The summed E-state index contributed by atoms with van der Waals surface area (Å²) < 4.78 is 6.56. The van der Waals surface area contributed by atoms with Crippen molar-refractivity contribution in [2.45, 2.75) is 39.2 Å². The van der Waals surface area contributed by atoms with Crippen LogP contribution in [0.15, 0.2) is 40.5 Å². The molecule has 1 aliphatic carbocycles. The zero-order chi connectivity index (χ0) is 21.3. The molecule has 0 aliphatic heterocycles. The maximum absolute atomic E-state index is 13.2. The fourth-order valence-corrected chi connectivity index (χ4v) is 5.07. The van der Waals surface area contributed by atoms with E-state index in [1.165, 1.54) is 22.0 Å². The maximum atomic E-state index is 13.2. The number of thiophene rings is 1. The molecule has 2 heterocycles. The standard InChI is InChI=1S/C22H24N4O3S/c1-13-7-8-17-18(9-13)30-21-19(17)22(28)26(12-23-21)14(2)20(27)25-24-11-15-5-4-6-16(10-15)29-3/h4-6,10-14H,7-9H2,1-3H3,(H,25,27)/b24-11+/t13-,14-/m0/s1. The summed E-state index contributed by atoms with van der Waals surface area (Å²) >= 11 is 1.60. The third-order valence-electron chi connectivity index (χ3n) is 5.52. The van der Waals surface area contributed by atoms with E-state index < -0.39 is 6.04 Å². The normalized spacial score (nSPS) is 17.1. The molecule has 2 atom stereocenters. The number of ether oxygens (including phenoxy) is 1. The zero-order valence-electron chi connectivity index (χ0n) is 17.2. The fraction of sp³-hybridized carbons (Fsp3) is 0.364. The van der Waals surface area contributed by atoms with E-state index in [-0.39, 0.29) is 11.5 Å². The lowest BCUT2D eigenvalue weighted by Crippen LogP contribution is -2.34. The van der Waals surface area contributed by atoms with Gasteiger partial charge < -0.3 is 4.74 Å². The molecule has 0 spiro atoms. The summed E-state index contributed by atoms with van der Waals surface area (Å²) in [5.41, 5.74) is 4.26. The summed E-state index contributed by atoms with van der Waals surface area (Å²) in [7, 11) is 1.59. The molecular weight excluding hydrogens is 400 g/mol. The minimum absolute atomic E-state index is 0.161. The molecule has 1 amide bonds. The Kier molecular flexibility index (Phi) is 5.67. The van der Waals surface area contributed by atoms with Gasteiger partial charge in [0.1, 0.15) is 16.6 Å². The molecule has 0 saturated carbocycles. The van der Waals surface area contributed by atoms with Gasteiger partial charge in [0, 0.05) is 4.88 Å². The first-order valence-electron chi connectivity index (χ1n) is 9.96. The average Bonchev–Trinajstić information content (AvgIpc) is 3.11. The average molecular weight is 425 g/mol. The number of carbonyl (C=O) groups excluding carboxylic acids is 1. The van der Waals surface area contributed by atoms with Gasteiger partial charge in [0.15, 0.2) is 0 Å². The Morgan fingerprint density at radius 2 is 2.30 bits per heavy atom. The minimum atomic E-state index is -0.727. The van der Waals surface area contributed by atoms with Crippen LogP contribution in [-0.2, 0) is 17.6 Å². The quantitative estimate of drug-likeness (QED) is 0.503. The molecule has 0 radical (unpaired) electrons. The van der Waals surface area contributed by atoms with E-state index in [4.69, 9.17) is 4.74 Å². The van der Waals surface area contributed by atoms with Gasteiger partial charge in [-0.05, 0) is 55.4 Å². The topological polar surface area (TPSA) is 85.6 Å². The Labute approximate surface area is 178 Å². The Morgan fingerprint density at radius 3 is 3.10 bits per heavy atom. The first kappa shape index (κ1) is 20.3. The third kappa shape index (κ3) is 3.87. The first-order chi connectivity index (χ1) is 14.5. The van der Waals surface area contributed by atoms with Gasteiger partial charge in [-0.15, -0.1) is 11.3 Å². The molecule has 156 valence electrons. The SMILES string of the molecule is COc1cccc(/C=N/NC(=O)[C@H](C)n2cnc3sc4c(c3c2=O)CC[C@H](C)C4)c1. The van der Waals surface area contributed by atoms with Gasteiger partial charge in [0.05, 0.1) is 25.0 Å². The number of aromatic nitrogens is 2. The van der Waals surface area contributed by atoms with E-state index in [1.807, 2.05) is 24.3 Å². The first-order valence-corrected chi connectivity index (χ1v) is 10.8. The lowest BCUT2D eigenvalue weighted by Gasteiger charge is -2.18. The van der Waals surface area contributed by atoms with Crippen molar-refractivity contribution in [2.75, 3.05) is 7.11 Å². The fourth-order valence-electron chi connectivity index (χ4n) is 3.73. The molecule has 0 unspecified atom stereocenters. The second-order valence-corrected chi connectivity index (χ2v) is 8.76. The van der Waals surface area contributed by atoms with Crippen LogP contribution >= 0.6 is 11.3 Å². The second-order valence-electron chi connectivity index (χ2n) is 7.68. The van der Waals surface area contributed by atoms with Gasteiger partial charge in [-0.3, -0.25) is 14.2 Å². The number of amides is 1. The number of aryl methyl sites for hydroxylation is 1. The minimum Gasteiger partial charge on any atom is -0.497 e. The van der Waals surface area contributed by atoms with Crippen LogP contribution in [0.2, 0.25) is 0 Å². The van der Waals surface area contributed by atoms with Crippen LogP contribution in [0.5, 0.6) is 5.75 Å². The molecule has 1 aliphatic rings. The van der Waals surface area contributed by atoms with E-state index in [0.29, 0.717) is 17.1 Å². The smallest absolute Gasteiger partial charge is 0.263 e. The highest BCUT2D eigenvalue weighted by atomic mass is 32.1. The lowest BCUT2D eigenvalue weighted by molar-refractivity contribution is -0.123. The molecule has 1 N–H and O–H groups in total. The number of nitrogens with zero attached hydrogens (tertiary/aromatic N) is 3. The van der Waals surface area contributed by atoms with Crippen molar-refractivity contribution in [1.29, 1.82) is 0 Å². The predicted octanol–water partition coefficient (Wildman–Crippen LogP) is 3.30. The van der Waals surface area contributed by atoms with Crippen LogP contribution in [0.3, 0.4) is 0 Å². The number of fused-ring (bicyclic) bond motifs is 3. The van der Waals surface area contributed by atoms with Gasteiger partial charge in [0.25, 0.3) is 11.5 Å². The summed E-state index contributed by atoms with van der Waals surface area (Å²) in [5.74, 6) is 0.952. The zero-order valence-corrected chi connectivity index (χ0v) is 18.0. The van der Waals surface area contributed by atoms with Crippen LogP contribution < -0.4 is 15.7 Å². The summed E-state index contributed by atoms with van der Waals surface area (Å²) in [6.07, 6.45) is 5.95. The number of rotatable bonds is 5. The highest BCUT2D eigenvalue weighted by molar-refractivity contribution is 7.18. The Morgan fingerprint density at radius 1 is 1.47 bits per heavy atom. The van der Waals surface area contributed by atoms with Crippen molar-refractivity contribution in [3.8, 4) is 5.75 Å². The molecule has 0 saturated heterocycles. The molecule has 0 bridgehead atoms. The lowest BCUT2D eigenvalue weighted by atomic mass is 9.89. The van der Waals surface area contributed by atoms with Crippen molar-refractivity contribution < 1.29 is 9.53 Å². The largest absolute Gasteiger partial charge is 0.497 e. The molecule has 2 aromatic heterocycles. The van der Waals surface area contributed by atoms with E-state index in [9.17, 15) is 9.59 Å². The predicted molar refractivity (Wildman–Crippen MR) is 119 cm³/mol. The van der Waals surface area contributed by atoms with E-state index in [0.717, 1.165) is 35.2 Å². The monoisotopic (exact) mass is 424 g/mol. The van der Waals surface area contributed by atoms with E-state index in [1.54, 1.807) is 25.4 Å². The number of hydrogen-bond acceptors (Lipinski definition) is 6. The Balaban J connectivity index is 1.54. The highest BCUT2D eigenvalue weighted by Gasteiger charge is 2.25.